The van der Waals surface area contributed by atoms with Crippen molar-refractivity contribution in [3.05, 3.63) is 23.5 Å². The predicted molar refractivity (Wildman–Crippen MR) is 56.6 cm³/mol. The Kier molecular flexibility index (Phi) is 2.68. The molecule has 1 aliphatic rings. The van der Waals surface area contributed by atoms with Gasteiger partial charge in [0.15, 0.2) is 0 Å². The number of rotatable bonds is 2. The SMILES string of the molecule is Cc1ccc(NC2CCOC2)c(C)n1. The third-order valence-electron chi connectivity index (χ3n) is 2.51. The minimum Gasteiger partial charge on any atom is -0.379 e. The zero-order valence-corrected chi connectivity index (χ0v) is 8.71. The van der Waals surface area contributed by atoms with Crippen LogP contribution in [0.2, 0.25) is 0 Å². The van der Waals surface area contributed by atoms with Crippen LogP contribution in [0.1, 0.15) is 17.8 Å². The normalized spacial score (nSPS) is 21.1. The first-order valence-corrected chi connectivity index (χ1v) is 5.04. The van der Waals surface area contributed by atoms with E-state index in [0.717, 1.165) is 36.7 Å². The Morgan fingerprint density at radius 1 is 1.43 bits per heavy atom. The largest absolute Gasteiger partial charge is 0.379 e. The summed E-state index contributed by atoms with van der Waals surface area (Å²) in [5, 5.41) is 3.45. The van der Waals surface area contributed by atoms with Crippen LogP contribution >= 0.6 is 0 Å². The van der Waals surface area contributed by atoms with E-state index >= 15 is 0 Å². The van der Waals surface area contributed by atoms with Crippen LogP contribution in [0.3, 0.4) is 0 Å². The van der Waals surface area contributed by atoms with Crippen LogP contribution in [-0.2, 0) is 4.74 Å². The Labute approximate surface area is 84.5 Å². The highest BCUT2D eigenvalue weighted by atomic mass is 16.5. The fraction of sp³-hybridized carbons (Fsp3) is 0.545. The van der Waals surface area contributed by atoms with Gasteiger partial charge in [-0.1, -0.05) is 0 Å². The lowest BCUT2D eigenvalue weighted by Gasteiger charge is -2.14. The molecule has 1 fully saturated rings. The summed E-state index contributed by atoms with van der Waals surface area (Å²) in [6.45, 7) is 5.73. The van der Waals surface area contributed by atoms with Crippen LogP contribution < -0.4 is 5.32 Å². The molecule has 0 saturated carbocycles. The van der Waals surface area contributed by atoms with E-state index < -0.39 is 0 Å². The number of nitrogens with zero attached hydrogens (tertiary/aromatic N) is 1. The molecule has 0 amide bonds. The van der Waals surface area contributed by atoms with Crippen LogP contribution in [0.5, 0.6) is 0 Å². The molecule has 0 spiro atoms. The highest BCUT2D eigenvalue weighted by Gasteiger charge is 2.15. The summed E-state index contributed by atoms with van der Waals surface area (Å²) < 4.78 is 5.31. The maximum atomic E-state index is 5.31. The summed E-state index contributed by atoms with van der Waals surface area (Å²) in [5.74, 6) is 0. The first-order chi connectivity index (χ1) is 6.75. The van der Waals surface area contributed by atoms with E-state index in [1.54, 1.807) is 0 Å². The van der Waals surface area contributed by atoms with Gasteiger partial charge >= 0.3 is 0 Å². The summed E-state index contributed by atoms with van der Waals surface area (Å²) in [4.78, 5) is 4.41. The van der Waals surface area contributed by atoms with Crippen LogP contribution in [0.15, 0.2) is 12.1 Å². The Hall–Kier alpha value is -1.09. The topological polar surface area (TPSA) is 34.1 Å². The predicted octanol–water partition coefficient (Wildman–Crippen LogP) is 1.90. The highest BCUT2D eigenvalue weighted by Crippen LogP contribution is 2.16. The minimum absolute atomic E-state index is 0.457. The Balaban J connectivity index is 2.08. The lowest BCUT2D eigenvalue weighted by Crippen LogP contribution is -2.19. The maximum Gasteiger partial charge on any atom is 0.0668 e. The van der Waals surface area contributed by atoms with Crippen molar-refractivity contribution >= 4 is 5.69 Å². The molecule has 1 saturated heterocycles. The second kappa shape index (κ2) is 3.96. The van der Waals surface area contributed by atoms with Gasteiger partial charge in [-0.15, -0.1) is 0 Å². The van der Waals surface area contributed by atoms with Crippen molar-refractivity contribution in [3.8, 4) is 0 Å². The molecule has 3 nitrogen and oxygen atoms in total. The van der Waals surface area contributed by atoms with Crippen molar-refractivity contribution in [1.82, 2.24) is 4.98 Å². The minimum atomic E-state index is 0.457. The molecule has 1 N–H and O–H groups in total. The maximum absolute atomic E-state index is 5.31. The molecule has 1 aliphatic heterocycles. The third kappa shape index (κ3) is 2.04. The number of nitrogens with one attached hydrogen (secondary N) is 1. The summed E-state index contributed by atoms with van der Waals surface area (Å²) in [7, 11) is 0. The first-order valence-electron chi connectivity index (χ1n) is 5.04. The average Bonchev–Trinajstić information content (AvgIpc) is 2.62. The quantitative estimate of drug-likeness (QED) is 0.777. The molecule has 0 aromatic carbocycles. The van der Waals surface area contributed by atoms with Crippen molar-refractivity contribution in [3.63, 3.8) is 0 Å². The third-order valence-corrected chi connectivity index (χ3v) is 2.51. The zero-order chi connectivity index (χ0) is 9.97. The fourth-order valence-electron chi connectivity index (χ4n) is 1.71. The van der Waals surface area contributed by atoms with Crippen molar-refractivity contribution in [1.29, 1.82) is 0 Å². The van der Waals surface area contributed by atoms with Gasteiger partial charge in [-0.05, 0) is 32.4 Å². The van der Waals surface area contributed by atoms with Crippen LogP contribution in [0.4, 0.5) is 5.69 Å². The molecule has 1 atom stereocenters. The van der Waals surface area contributed by atoms with Crippen molar-refractivity contribution < 1.29 is 4.74 Å². The summed E-state index contributed by atoms with van der Waals surface area (Å²) in [6, 6.07) is 4.58. The van der Waals surface area contributed by atoms with Gasteiger partial charge in [0.1, 0.15) is 0 Å². The molecule has 0 radical (unpaired) electrons. The molecule has 2 heterocycles. The molecule has 2 rings (SSSR count). The number of aryl methyl sites for hydroxylation is 2. The van der Waals surface area contributed by atoms with Crippen molar-refractivity contribution in [2.45, 2.75) is 26.3 Å². The Morgan fingerprint density at radius 3 is 2.93 bits per heavy atom. The van der Waals surface area contributed by atoms with Gasteiger partial charge in [0.25, 0.3) is 0 Å². The number of hydrogen-bond donors (Lipinski definition) is 1. The molecule has 3 heteroatoms. The molecular formula is C11H16N2O. The van der Waals surface area contributed by atoms with E-state index in [9.17, 15) is 0 Å². The van der Waals surface area contributed by atoms with Gasteiger partial charge in [0.2, 0.25) is 0 Å². The average molecular weight is 192 g/mol. The molecule has 1 aromatic rings. The number of anilines is 1. The van der Waals surface area contributed by atoms with Gasteiger partial charge in [-0.2, -0.15) is 0 Å². The van der Waals surface area contributed by atoms with Crippen LogP contribution in [0, 0.1) is 13.8 Å². The monoisotopic (exact) mass is 192 g/mol. The van der Waals surface area contributed by atoms with Crippen LogP contribution in [0.25, 0.3) is 0 Å². The van der Waals surface area contributed by atoms with Gasteiger partial charge in [0, 0.05) is 12.3 Å². The number of ether oxygens (including phenoxy) is 1. The smallest absolute Gasteiger partial charge is 0.0668 e. The number of pyridine rings is 1. The van der Waals surface area contributed by atoms with Crippen molar-refractivity contribution in [2.75, 3.05) is 18.5 Å². The highest BCUT2D eigenvalue weighted by molar-refractivity contribution is 5.48. The van der Waals surface area contributed by atoms with E-state index in [1.807, 2.05) is 19.9 Å². The van der Waals surface area contributed by atoms with Crippen molar-refractivity contribution in [2.24, 2.45) is 0 Å². The molecule has 1 aromatic heterocycles. The summed E-state index contributed by atoms with van der Waals surface area (Å²) in [6.07, 6.45) is 1.09. The standard InChI is InChI=1S/C11H16N2O/c1-8-3-4-11(9(2)12-8)13-10-5-6-14-7-10/h3-4,10,13H,5-7H2,1-2H3. The lowest BCUT2D eigenvalue weighted by molar-refractivity contribution is 0.195. The molecule has 76 valence electrons. The molecule has 1 unspecified atom stereocenters. The van der Waals surface area contributed by atoms with Gasteiger partial charge in [-0.3, -0.25) is 4.98 Å². The molecule has 0 bridgehead atoms. The summed E-state index contributed by atoms with van der Waals surface area (Å²) in [5.41, 5.74) is 3.26. The Bertz CT molecular complexity index is 319. The molecule has 0 aliphatic carbocycles. The molecular weight excluding hydrogens is 176 g/mol. The Morgan fingerprint density at radius 2 is 2.29 bits per heavy atom. The van der Waals surface area contributed by atoms with E-state index in [-0.39, 0.29) is 0 Å². The second-order valence-corrected chi connectivity index (χ2v) is 3.79. The van der Waals surface area contributed by atoms with Gasteiger partial charge in [0.05, 0.1) is 24.0 Å². The fourth-order valence-corrected chi connectivity index (χ4v) is 1.71. The zero-order valence-electron chi connectivity index (χ0n) is 8.71. The van der Waals surface area contributed by atoms with Crippen LogP contribution in [-0.4, -0.2) is 24.2 Å². The van der Waals surface area contributed by atoms with Gasteiger partial charge < -0.3 is 10.1 Å². The first kappa shape index (κ1) is 9.46. The van der Waals surface area contributed by atoms with Gasteiger partial charge in [-0.25, -0.2) is 0 Å². The lowest BCUT2D eigenvalue weighted by atomic mass is 10.2. The molecule has 14 heavy (non-hydrogen) atoms. The van der Waals surface area contributed by atoms with E-state index in [1.165, 1.54) is 0 Å². The number of aromatic nitrogens is 1. The van der Waals surface area contributed by atoms with E-state index in [0.29, 0.717) is 6.04 Å². The summed E-state index contributed by atoms with van der Waals surface area (Å²) >= 11 is 0. The van der Waals surface area contributed by atoms with E-state index in [4.69, 9.17) is 4.74 Å². The van der Waals surface area contributed by atoms with E-state index in [2.05, 4.69) is 16.4 Å². The second-order valence-electron chi connectivity index (χ2n) is 3.79. The number of hydrogen-bond acceptors (Lipinski definition) is 3.